The van der Waals surface area contributed by atoms with Gasteiger partial charge in [0.15, 0.2) is 0 Å². The van der Waals surface area contributed by atoms with Crippen LogP contribution in [-0.2, 0) is 4.74 Å². The number of carbonyl (C=O) groups excluding carboxylic acids is 1. The standard InChI is InChI=1S/C10H12ClNO2/c1-2-3-7-14-10(13)8-5-4-6-12-9(8)11/h4-6H,2-3,7H2,1H3. The van der Waals surface area contributed by atoms with Crippen molar-refractivity contribution in [3.05, 3.63) is 29.0 Å². The number of hydrogen-bond donors (Lipinski definition) is 0. The van der Waals surface area contributed by atoms with Gasteiger partial charge >= 0.3 is 5.97 Å². The zero-order valence-corrected chi connectivity index (χ0v) is 8.75. The number of ether oxygens (including phenoxy) is 1. The van der Waals surface area contributed by atoms with Crippen molar-refractivity contribution in [2.45, 2.75) is 19.8 Å². The molecule has 3 nitrogen and oxygen atoms in total. The second-order valence-corrected chi connectivity index (χ2v) is 3.19. The molecule has 0 spiro atoms. The van der Waals surface area contributed by atoms with Crippen LogP contribution in [0.4, 0.5) is 0 Å². The van der Waals surface area contributed by atoms with E-state index in [1.165, 1.54) is 6.20 Å². The molecule has 0 saturated heterocycles. The monoisotopic (exact) mass is 213 g/mol. The highest BCUT2D eigenvalue weighted by atomic mass is 35.5. The lowest BCUT2D eigenvalue weighted by molar-refractivity contribution is 0.0499. The minimum Gasteiger partial charge on any atom is -0.462 e. The Morgan fingerprint density at radius 2 is 2.43 bits per heavy atom. The maximum atomic E-state index is 11.4. The van der Waals surface area contributed by atoms with E-state index in [-0.39, 0.29) is 5.15 Å². The molecule has 0 aliphatic rings. The summed E-state index contributed by atoms with van der Waals surface area (Å²) >= 11 is 5.72. The maximum Gasteiger partial charge on any atom is 0.341 e. The molecule has 1 rings (SSSR count). The number of esters is 1. The molecule has 1 aromatic rings. The molecule has 0 aromatic carbocycles. The minimum atomic E-state index is -0.406. The van der Waals surface area contributed by atoms with Crippen LogP contribution >= 0.6 is 11.6 Å². The number of unbranched alkanes of at least 4 members (excludes halogenated alkanes) is 1. The lowest BCUT2D eigenvalue weighted by atomic mass is 10.3. The first-order chi connectivity index (χ1) is 6.75. The van der Waals surface area contributed by atoms with Gasteiger partial charge in [0.05, 0.1) is 12.2 Å². The summed E-state index contributed by atoms with van der Waals surface area (Å²) < 4.78 is 4.99. The summed E-state index contributed by atoms with van der Waals surface area (Å²) in [4.78, 5) is 15.2. The van der Waals surface area contributed by atoms with Crippen molar-refractivity contribution >= 4 is 17.6 Å². The first kappa shape index (κ1) is 11.0. The number of rotatable bonds is 4. The Bertz CT molecular complexity index is 315. The lowest BCUT2D eigenvalue weighted by Gasteiger charge is -2.03. The fraction of sp³-hybridized carbons (Fsp3) is 0.400. The van der Waals surface area contributed by atoms with E-state index in [9.17, 15) is 4.79 Å². The largest absolute Gasteiger partial charge is 0.462 e. The molecule has 1 heterocycles. The summed E-state index contributed by atoms with van der Waals surface area (Å²) in [5.41, 5.74) is 0.324. The number of halogens is 1. The van der Waals surface area contributed by atoms with Crippen LogP contribution in [0.3, 0.4) is 0 Å². The number of carbonyl (C=O) groups is 1. The Morgan fingerprint density at radius 1 is 1.64 bits per heavy atom. The normalized spacial score (nSPS) is 9.86. The van der Waals surface area contributed by atoms with Crippen molar-refractivity contribution in [1.82, 2.24) is 4.98 Å². The predicted octanol–water partition coefficient (Wildman–Crippen LogP) is 2.69. The lowest BCUT2D eigenvalue weighted by Crippen LogP contribution is -2.07. The molecule has 0 aliphatic carbocycles. The van der Waals surface area contributed by atoms with Crippen LogP contribution in [-0.4, -0.2) is 17.6 Å². The van der Waals surface area contributed by atoms with Gasteiger partial charge in [-0.25, -0.2) is 9.78 Å². The maximum absolute atomic E-state index is 11.4. The number of aromatic nitrogens is 1. The van der Waals surface area contributed by atoms with Gasteiger partial charge in [-0.3, -0.25) is 0 Å². The summed E-state index contributed by atoms with van der Waals surface area (Å²) in [7, 11) is 0. The van der Waals surface area contributed by atoms with E-state index >= 15 is 0 Å². The van der Waals surface area contributed by atoms with E-state index in [1.54, 1.807) is 12.1 Å². The summed E-state index contributed by atoms with van der Waals surface area (Å²) in [6, 6.07) is 3.26. The first-order valence-corrected chi connectivity index (χ1v) is 4.91. The fourth-order valence-electron chi connectivity index (χ4n) is 0.925. The minimum absolute atomic E-state index is 0.189. The molecule has 0 bridgehead atoms. The van der Waals surface area contributed by atoms with Gasteiger partial charge in [-0.1, -0.05) is 24.9 Å². The van der Waals surface area contributed by atoms with Gasteiger partial charge in [0.1, 0.15) is 5.15 Å². The summed E-state index contributed by atoms with van der Waals surface area (Å²) in [5, 5.41) is 0.189. The predicted molar refractivity (Wildman–Crippen MR) is 54.4 cm³/mol. The van der Waals surface area contributed by atoms with Crippen molar-refractivity contribution in [2.24, 2.45) is 0 Å². The molecule has 0 aliphatic heterocycles. The van der Waals surface area contributed by atoms with Crippen LogP contribution in [0.1, 0.15) is 30.1 Å². The molecule has 14 heavy (non-hydrogen) atoms. The topological polar surface area (TPSA) is 39.2 Å². The van der Waals surface area contributed by atoms with Crippen molar-refractivity contribution in [3.63, 3.8) is 0 Å². The third kappa shape index (κ3) is 3.00. The zero-order valence-electron chi connectivity index (χ0n) is 8.00. The highest BCUT2D eigenvalue weighted by Gasteiger charge is 2.11. The summed E-state index contributed by atoms with van der Waals surface area (Å²) in [5.74, 6) is -0.406. The summed E-state index contributed by atoms with van der Waals surface area (Å²) in [6.07, 6.45) is 3.39. The molecule has 0 unspecified atom stereocenters. The van der Waals surface area contributed by atoms with Crippen molar-refractivity contribution < 1.29 is 9.53 Å². The Balaban J connectivity index is 2.56. The van der Waals surface area contributed by atoms with Crippen LogP contribution in [0.25, 0.3) is 0 Å². The number of hydrogen-bond acceptors (Lipinski definition) is 3. The summed E-state index contributed by atoms with van der Waals surface area (Å²) in [6.45, 7) is 2.46. The molecular weight excluding hydrogens is 202 g/mol. The van der Waals surface area contributed by atoms with Crippen LogP contribution in [0.2, 0.25) is 5.15 Å². The van der Waals surface area contributed by atoms with Crippen molar-refractivity contribution in [1.29, 1.82) is 0 Å². The van der Waals surface area contributed by atoms with Gasteiger partial charge in [0.2, 0.25) is 0 Å². The van der Waals surface area contributed by atoms with Gasteiger partial charge in [-0.2, -0.15) is 0 Å². The third-order valence-electron chi connectivity index (χ3n) is 1.71. The third-order valence-corrected chi connectivity index (χ3v) is 2.01. The second kappa shape index (κ2) is 5.60. The highest BCUT2D eigenvalue weighted by Crippen LogP contribution is 2.12. The van der Waals surface area contributed by atoms with E-state index in [0.717, 1.165) is 12.8 Å². The Kier molecular flexibility index (Phi) is 4.40. The van der Waals surface area contributed by atoms with Crippen LogP contribution in [0, 0.1) is 0 Å². The number of nitrogens with zero attached hydrogens (tertiary/aromatic N) is 1. The van der Waals surface area contributed by atoms with E-state index < -0.39 is 5.97 Å². The van der Waals surface area contributed by atoms with Crippen LogP contribution < -0.4 is 0 Å². The Labute approximate surface area is 88.1 Å². The van der Waals surface area contributed by atoms with E-state index in [4.69, 9.17) is 16.3 Å². The van der Waals surface area contributed by atoms with Gasteiger partial charge in [-0.05, 0) is 18.6 Å². The molecule has 0 saturated carbocycles. The molecule has 4 heteroatoms. The molecule has 76 valence electrons. The van der Waals surface area contributed by atoms with Gasteiger partial charge in [0, 0.05) is 6.20 Å². The average molecular weight is 214 g/mol. The van der Waals surface area contributed by atoms with Gasteiger partial charge < -0.3 is 4.74 Å². The van der Waals surface area contributed by atoms with Gasteiger partial charge in [0.25, 0.3) is 0 Å². The quantitative estimate of drug-likeness (QED) is 0.439. The SMILES string of the molecule is CCCCOC(=O)c1cccnc1Cl. The smallest absolute Gasteiger partial charge is 0.341 e. The van der Waals surface area contributed by atoms with E-state index in [2.05, 4.69) is 4.98 Å². The van der Waals surface area contributed by atoms with E-state index in [0.29, 0.717) is 12.2 Å². The van der Waals surface area contributed by atoms with Crippen molar-refractivity contribution in [3.8, 4) is 0 Å². The molecule has 0 amide bonds. The molecule has 0 fully saturated rings. The number of pyridine rings is 1. The Morgan fingerprint density at radius 3 is 3.07 bits per heavy atom. The molecule has 0 atom stereocenters. The second-order valence-electron chi connectivity index (χ2n) is 2.83. The van der Waals surface area contributed by atoms with Crippen molar-refractivity contribution in [2.75, 3.05) is 6.61 Å². The van der Waals surface area contributed by atoms with Crippen LogP contribution in [0.15, 0.2) is 18.3 Å². The highest BCUT2D eigenvalue weighted by molar-refractivity contribution is 6.32. The molecule has 0 N–H and O–H groups in total. The molecule has 0 radical (unpaired) electrons. The average Bonchev–Trinajstić information content (AvgIpc) is 2.18. The first-order valence-electron chi connectivity index (χ1n) is 4.53. The van der Waals surface area contributed by atoms with Gasteiger partial charge in [-0.15, -0.1) is 0 Å². The Hall–Kier alpha value is -1.09. The molecule has 1 aromatic heterocycles. The fourth-order valence-corrected chi connectivity index (χ4v) is 1.12. The zero-order chi connectivity index (χ0) is 10.4. The van der Waals surface area contributed by atoms with Crippen LogP contribution in [0.5, 0.6) is 0 Å². The molecular formula is C10H12ClNO2. The van der Waals surface area contributed by atoms with E-state index in [1.807, 2.05) is 6.92 Å².